The van der Waals surface area contributed by atoms with Gasteiger partial charge in [-0.1, -0.05) is 0 Å². The second-order valence-electron chi connectivity index (χ2n) is 4.94. The topological polar surface area (TPSA) is 83.8 Å². The van der Waals surface area contributed by atoms with E-state index in [-0.39, 0.29) is 10.9 Å². The molecule has 1 aromatic carbocycles. The largest absolute Gasteiger partial charge is 0.506 e. The maximum atomic E-state index is 10.3. The first-order valence-electron chi connectivity index (χ1n) is 6.62. The van der Waals surface area contributed by atoms with Gasteiger partial charge in [0.25, 0.3) is 0 Å². The van der Waals surface area contributed by atoms with Crippen LogP contribution in [-0.2, 0) is 12.8 Å². The highest BCUT2D eigenvalue weighted by Gasteiger charge is 2.22. The fraction of sp³-hybridized carbons (Fsp3) is 0.286. The van der Waals surface area contributed by atoms with Gasteiger partial charge in [0.15, 0.2) is 5.11 Å². The number of hydrazone groups is 1. The molecule has 0 atom stereocenters. The normalized spacial score (nSPS) is 14.5. The fourth-order valence-corrected chi connectivity index (χ4v) is 3.17. The van der Waals surface area contributed by atoms with Crippen molar-refractivity contribution in [1.82, 2.24) is 5.43 Å². The molecule has 3 rings (SSSR count). The number of phenolic OH excluding ortho intramolecular Hbond substituents is 1. The van der Waals surface area contributed by atoms with Crippen molar-refractivity contribution in [2.75, 3.05) is 0 Å². The number of aromatic hydroxyl groups is 1. The first kappa shape index (κ1) is 14.3. The Morgan fingerprint density at radius 2 is 2.24 bits per heavy atom. The molecule has 2 aromatic rings. The number of furan rings is 1. The first-order valence-corrected chi connectivity index (χ1v) is 7.82. The van der Waals surface area contributed by atoms with E-state index >= 15 is 0 Å². The molecule has 5 nitrogen and oxygen atoms in total. The van der Waals surface area contributed by atoms with Gasteiger partial charge in [0.05, 0.1) is 10.7 Å². The van der Waals surface area contributed by atoms with Gasteiger partial charge in [0.1, 0.15) is 17.1 Å². The van der Waals surface area contributed by atoms with Crippen LogP contribution in [-0.4, -0.2) is 16.4 Å². The zero-order valence-electron chi connectivity index (χ0n) is 11.1. The van der Waals surface area contributed by atoms with E-state index in [4.69, 9.17) is 22.4 Å². The molecule has 1 heterocycles. The Labute approximate surface area is 135 Å². The molecule has 0 fully saturated rings. The fourth-order valence-electron chi connectivity index (χ4n) is 2.70. The number of hydrogen-bond acceptors (Lipinski definition) is 4. The Morgan fingerprint density at radius 1 is 1.48 bits per heavy atom. The van der Waals surface area contributed by atoms with Crippen LogP contribution in [0.25, 0.3) is 11.0 Å². The number of thiocarbonyl (C=S) groups is 1. The van der Waals surface area contributed by atoms with Crippen molar-refractivity contribution in [3.63, 3.8) is 0 Å². The summed E-state index contributed by atoms with van der Waals surface area (Å²) < 4.78 is 6.49. The molecule has 1 aliphatic carbocycles. The highest BCUT2D eigenvalue weighted by Crippen LogP contribution is 2.40. The molecular weight excluding hydrogens is 354 g/mol. The summed E-state index contributed by atoms with van der Waals surface area (Å²) in [7, 11) is 0. The molecule has 0 radical (unpaired) electrons. The lowest BCUT2D eigenvalue weighted by Crippen LogP contribution is -2.24. The van der Waals surface area contributed by atoms with Gasteiger partial charge in [-0.15, -0.1) is 0 Å². The molecule has 0 saturated carbocycles. The molecule has 0 saturated heterocycles. The average molecular weight is 368 g/mol. The number of aryl methyl sites for hydroxylation is 2. The molecule has 0 unspecified atom stereocenters. The Kier molecular flexibility index (Phi) is 3.86. The Morgan fingerprint density at radius 3 is 3.00 bits per heavy atom. The summed E-state index contributed by atoms with van der Waals surface area (Å²) in [5, 5.41) is 15.3. The van der Waals surface area contributed by atoms with E-state index in [0.29, 0.717) is 10.0 Å². The molecule has 4 N–H and O–H groups in total. The van der Waals surface area contributed by atoms with Gasteiger partial charge in [-0.2, -0.15) is 5.10 Å². The standard InChI is InChI=1S/C14H14BrN3O2S/c15-9-5-11-12(7-3-1-2-4-10(7)20-11)8(13(9)19)6-17-18-14(16)21/h5-6,19H,1-4H2,(H3,16,18,21)/b17-6-. The third-order valence-electron chi connectivity index (χ3n) is 3.58. The molecule has 110 valence electrons. The molecular formula is C14H14BrN3O2S. The van der Waals surface area contributed by atoms with Crippen LogP contribution in [0.2, 0.25) is 0 Å². The second-order valence-corrected chi connectivity index (χ2v) is 6.23. The minimum absolute atomic E-state index is 0.0752. The summed E-state index contributed by atoms with van der Waals surface area (Å²) in [5.41, 5.74) is 10.4. The van der Waals surface area contributed by atoms with Gasteiger partial charge >= 0.3 is 0 Å². The van der Waals surface area contributed by atoms with Crippen molar-refractivity contribution in [3.8, 4) is 5.75 Å². The lowest BCUT2D eigenvalue weighted by atomic mass is 9.94. The summed E-state index contributed by atoms with van der Waals surface area (Å²) in [6.07, 6.45) is 5.66. The SMILES string of the molecule is NC(=S)N/N=C\c1c(O)c(Br)cc2oc3c(c12)CCCC3. The predicted molar refractivity (Wildman–Crippen MR) is 89.7 cm³/mol. The van der Waals surface area contributed by atoms with E-state index in [1.54, 1.807) is 6.07 Å². The lowest BCUT2D eigenvalue weighted by Gasteiger charge is -2.10. The van der Waals surface area contributed by atoms with Crippen LogP contribution in [0.15, 0.2) is 20.1 Å². The van der Waals surface area contributed by atoms with Crippen molar-refractivity contribution >= 4 is 50.4 Å². The first-order chi connectivity index (χ1) is 10.1. The molecule has 0 spiro atoms. The van der Waals surface area contributed by atoms with E-state index in [9.17, 15) is 5.11 Å². The van der Waals surface area contributed by atoms with E-state index in [0.717, 1.165) is 48.0 Å². The van der Waals surface area contributed by atoms with Gasteiger partial charge < -0.3 is 15.3 Å². The van der Waals surface area contributed by atoms with E-state index in [1.807, 2.05) is 0 Å². The number of hydrogen-bond donors (Lipinski definition) is 3. The van der Waals surface area contributed by atoms with E-state index in [1.165, 1.54) is 6.21 Å². The number of phenols is 1. The van der Waals surface area contributed by atoms with Crippen LogP contribution in [0.4, 0.5) is 0 Å². The van der Waals surface area contributed by atoms with Gasteiger partial charge in [-0.3, -0.25) is 5.43 Å². The van der Waals surface area contributed by atoms with E-state index in [2.05, 4.69) is 26.5 Å². The number of nitrogens with one attached hydrogen (secondary N) is 1. The van der Waals surface area contributed by atoms with Crippen molar-refractivity contribution < 1.29 is 9.52 Å². The van der Waals surface area contributed by atoms with E-state index < -0.39 is 0 Å². The van der Waals surface area contributed by atoms with Gasteiger partial charge in [-0.25, -0.2) is 0 Å². The number of fused-ring (bicyclic) bond motifs is 3. The van der Waals surface area contributed by atoms with Crippen LogP contribution < -0.4 is 11.2 Å². The molecule has 1 aliphatic rings. The quantitative estimate of drug-likeness (QED) is 0.431. The third-order valence-corrected chi connectivity index (χ3v) is 4.27. The van der Waals surface area contributed by atoms with Crippen LogP contribution in [0.5, 0.6) is 5.75 Å². The van der Waals surface area contributed by atoms with Crippen molar-refractivity contribution in [2.24, 2.45) is 10.8 Å². The molecule has 7 heteroatoms. The van der Waals surface area contributed by atoms with Crippen molar-refractivity contribution in [3.05, 3.63) is 27.4 Å². The smallest absolute Gasteiger partial charge is 0.184 e. The third kappa shape index (κ3) is 2.63. The predicted octanol–water partition coefficient (Wildman–Crippen LogP) is 2.95. The van der Waals surface area contributed by atoms with Gasteiger partial charge in [0, 0.05) is 22.9 Å². The molecule has 0 bridgehead atoms. The number of halogens is 1. The van der Waals surface area contributed by atoms with Crippen molar-refractivity contribution in [2.45, 2.75) is 25.7 Å². The summed E-state index contributed by atoms with van der Waals surface area (Å²) in [6.45, 7) is 0. The molecule has 0 aliphatic heterocycles. The number of nitrogens with two attached hydrogens (primary N) is 1. The number of benzene rings is 1. The summed E-state index contributed by atoms with van der Waals surface area (Å²) in [6, 6.07) is 1.79. The van der Waals surface area contributed by atoms with Crippen molar-refractivity contribution in [1.29, 1.82) is 0 Å². The average Bonchev–Trinajstić information content (AvgIpc) is 2.80. The van der Waals surface area contributed by atoms with Crippen LogP contribution in [0, 0.1) is 0 Å². The number of rotatable bonds is 2. The summed E-state index contributed by atoms with van der Waals surface area (Å²) in [4.78, 5) is 0. The Balaban J connectivity index is 2.19. The zero-order valence-corrected chi connectivity index (χ0v) is 13.6. The highest BCUT2D eigenvalue weighted by molar-refractivity contribution is 9.10. The lowest BCUT2D eigenvalue weighted by molar-refractivity contribution is 0.471. The maximum Gasteiger partial charge on any atom is 0.184 e. The number of nitrogens with zero attached hydrogens (tertiary/aromatic N) is 1. The minimum atomic E-state index is 0.0752. The monoisotopic (exact) mass is 367 g/mol. The molecule has 1 aromatic heterocycles. The molecule has 0 amide bonds. The second kappa shape index (κ2) is 5.65. The minimum Gasteiger partial charge on any atom is -0.506 e. The van der Waals surface area contributed by atoms with Crippen LogP contribution >= 0.6 is 28.1 Å². The van der Waals surface area contributed by atoms with Gasteiger partial charge in [0.2, 0.25) is 0 Å². The highest BCUT2D eigenvalue weighted by atomic mass is 79.9. The maximum absolute atomic E-state index is 10.3. The summed E-state index contributed by atoms with van der Waals surface area (Å²) >= 11 is 8.05. The van der Waals surface area contributed by atoms with Crippen LogP contribution in [0.3, 0.4) is 0 Å². The molecule has 21 heavy (non-hydrogen) atoms. The van der Waals surface area contributed by atoms with Gasteiger partial charge in [-0.05, 0) is 53.5 Å². The zero-order chi connectivity index (χ0) is 15.0. The Hall–Kier alpha value is -1.60. The Bertz CT molecular complexity index is 754. The van der Waals surface area contributed by atoms with Crippen LogP contribution in [0.1, 0.15) is 29.7 Å². The summed E-state index contributed by atoms with van der Waals surface area (Å²) in [5.74, 6) is 1.14.